The Labute approximate surface area is 108 Å². The molecule has 0 spiro atoms. The van der Waals surface area contributed by atoms with Crippen molar-refractivity contribution >= 4 is 43.2 Å². The maximum absolute atomic E-state index is 6.16. The van der Waals surface area contributed by atoms with Gasteiger partial charge in [-0.25, -0.2) is 9.97 Å². The second-order valence-electron chi connectivity index (χ2n) is 4.03. The Balaban J connectivity index is 2.36. The molecular formula is C13H11ClN2S. The molecule has 0 N–H and O–H groups in total. The summed E-state index contributed by atoms with van der Waals surface area (Å²) in [4.78, 5) is 9.31. The summed E-state index contributed by atoms with van der Waals surface area (Å²) < 4.78 is 1.22. The van der Waals surface area contributed by atoms with E-state index in [2.05, 4.69) is 35.1 Å². The van der Waals surface area contributed by atoms with Crippen LogP contribution in [0.3, 0.4) is 0 Å². The van der Waals surface area contributed by atoms with Crippen LogP contribution in [-0.4, -0.2) is 9.97 Å². The van der Waals surface area contributed by atoms with Crippen LogP contribution >= 0.6 is 22.9 Å². The molecule has 0 aliphatic heterocycles. The summed E-state index contributed by atoms with van der Waals surface area (Å²) in [6.45, 7) is 2.19. The average Bonchev–Trinajstić information content (AvgIpc) is 2.68. The molecule has 0 amide bonds. The Morgan fingerprint density at radius 1 is 1.29 bits per heavy atom. The van der Waals surface area contributed by atoms with Crippen LogP contribution < -0.4 is 0 Å². The molecule has 0 atom stereocenters. The molecule has 0 radical (unpaired) electrons. The molecule has 0 unspecified atom stereocenters. The van der Waals surface area contributed by atoms with Crippen molar-refractivity contribution in [1.82, 2.24) is 9.97 Å². The summed E-state index contributed by atoms with van der Waals surface area (Å²) in [6.07, 6.45) is 3.77. The second-order valence-corrected chi connectivity index (χ2v) is 5.42. The fourth-order valence-corrected chi connectivity index (χ4v) is 3.38. The summed E-state index contributed by atoms with van der Waals surface area (Å²) in [6, 6.07) is 6.55. The van der Waals surface area contributed by atoms with E-state index in [1.54, 1.807) is 11.3 Å². The molecule has 0 aliphatic carbocycles. The van der Waals surface area contributed by atoms with Crippen LogP contribution in [0.1, 0.15) is 18.9 Å². The summed E-state index contributed by atoms with van der Waals surface area (Å²) in [5, 5.41) is 2.73. The number of aryl methyl sites for hydroxylation is 1. The van der Waals surface area contributed by atoms with Crippen molar-refractivity contribution in [1.29, 1.82) is 0 Å². The summed E-state index contributed by atoms with van der Waals surface area (Å²) in [5.74, 6) is 0. The van der Waals surface area contributed by atoms with Crippen LogP contribution in [0, 0.1) is 0 Å². The third kappa shape index (κ3) is 1.79. The van der Waals surface area contributed by atoms with Gasteiger partial charge in [0.2, 0.25) is 0 Å². The second kappa shape index (κ2) is 4.24. The zero-order valence-electron chi connectivity index (χ0n) is 9.40. The molecule has 0 saturated carbocycles. The lowest BCUT2D eigenvalue weighted by Gasteiger charge is -1.99. The number of hydrogen-bond donors (Lipinski definition) is 0. The Morgan fingerprint density at radius 2 is 2.18 bits per heavy atom. The molecule has 2 heterocycles. The zero-order valence-corrected chi connectivity index (χ0v) is 11.0. The van der Waals surface area contributed by atoms with Crippen molar-refractivity contribution in [2.75, 3.05) is 0 Å². The van der Waals surface area contributed by atoms with Gasteiger partial charge in [0, 0.05) is 10.1 Å². The quantitative estimate of drug-likeness (QED) is 0.638. The average molecular weight is 263 g/mol. The highest BCUT2D eigenvalue weighted by atomic mass is 35.5. The van der Waals surface area contributed by atoms with Crippen LogP contribution in [0.15, 0.2) is 24.5 Å². The highest BCUT2D eigenvalue weighted by molar-refractivity contribution is 7.25. The van der Waals surface area contributed by atoms with Gasteiger partial charge < -0.3 is 0 Å². The van der Waals surface area contributed by atoms with Gasteiger partial charge >= 0.3 is 0 Å². The minimum absolute atomic E-state index is 0.551. The Morgan fingerprint density at radius 3 is 3.00 bits per heavy atom. The standard InChI is InChI=1S/C13H11ClN2S/c1-2-3-8-4-5-10-9(6-8)11-12(14)15-7-16-13(11)17-10/h4-7H,2-3H2,1H3. The fraction of sp³-hybridized carbons (Fsp3) is 0.231. The van der Waals surface area contributed by atoms with Crippen LogP contribution in [0.2, 0.25) is 5.15 Å². The van der Waals surface area contributed by atoms with Crippen molar-refractivity contribution < 1.29 is 0 Å². The van der Waals surface area contributed by atoms with Crippen LogP contribution in [-0.2, 0) is 6.42 Å². The van der Waals surface area contributed by atoms with E-state index in [9.17, 15) is 0 Å². The largest absolute Gasteiger partial charge is 0.225 e. The van der Waals surface area contributed by atoms with E-state index in [-0.39, 0.29) is 0 Å². The van der Waals surface area contributed by atoms with Gasteiger partial charge in [-0.05, 0) is 24.1 Å². The van der Waals surface area contributed by atoms with Gasteiger partial charge in [0.05, 0.1) is 5.39 Å². The Kier molecular flexibility index (Phi) is 2.73. The van der Waals surface area contributed by atoms with Gasteiger partial charge in [-0.2, -0.15) is 0 Å². The van der Waals surface area contributed by atoms with Crippen molar-refractivity contribution in [3.05, 3.63) is 35.2 Å². The van der Waals surface area contributed by atoms with E-state index < -0.39 is 0 Å². The molecule has 3 aromatic rings. The van der Waals surface area contributed by atoms with Gasteiger partial charge in [0.15, 0.2) is 0 Å². The van der Waals surface area contributed by atoms with Gasteiger partial charge in [0.1, 0.15) is 16.3 Å². The van der Waals surface area contributed by atoms with Crippen molar-refractivity contribution in [3.8, 4) is 0 Å². The first-order valence-corrected chi connectivity index (χ1v) is 6.80. The normalized spacial score (nSPS) is 11.4. The molecule has 2 aromatic heterocycles. The van der Waals surface area contributed by atoms with Gasteiger partial charge in [-0.3, -0.25) is 0 Å². The number of benzene rings is 1. The Bertz CT molecular complexity index is 690. The molecule has 0 bridgehead atoms. The highest BCUT2D eigenvalue weighted by Crippen LogP contribution is 2.36. The predicted molar refractivity (Wildman–Crippen MR) is 73.9 cm³/mol. The molecule has 0 fully saturated rings. The monoisotopic (exact) mass is 262 g/mol. The van der Waals surface area contributed by atoms with Crippen molar-refractivity contribution in [2.24, 2.45) is 0 Å². The molecule has 4 heteroatoms. The third-order valence-electron chi connectivity index (χ3n) is 2.82. The number of rotatable bonds is 2. The number of fused-ring (bicyclic) bond motifs is 3. The molecule has 86 valence electrons. The minimum atomic E-state index is 0.551. The maximum atomic E-state index is 6.16. The first-order chi connectivity index (χ1) is 8.29. The molecule has 17 heavy (non-hydrogen) atoms. The van der Waals surface area contributed by atoms with Crippen LogP contribution in [0.25, 0.3) is 20.3 Å². The minimum Gasteiger partial charge on any atom is -0.225 e. The fourth-order valence-electron chi connectivity index (χ4n) is 2.06. The topological polar surface area (TPSA) is 25.8 Å². The van der Waals surface area contributed by atoms with E-state index in [1.807, 2.05) is 0 Å². The smallest absolute Gasteiger partial charge is 0.141 e. The summed E-state index contributed by atoms with van der Waals surface area (Å²) in [7, 11) is 0. The van der Waals surface area contributed by atoms with E-state index >= 15 is 0 Å². The van der Waals surface area contributed by atoms with E-state index in [1.165, 1.54) is 22.0 Å². The maximum Gasteiger partial charge on any atom is 0.141 e. The number of nitrogens with zero attached hydrogens (tertiary/aromatic N) is 2. The lowest BCUT2D eigenvalue weighted by Crippen LogP contribution is -1.82. The lowest BCUT2D eigenvalue weighted by molar-refractivity contribution is 0.924. The van der Waals surface area contributed by atoms with E-state index in [0.29, 0.717) is 5.15 Å². The van der Waals surface area contributed by atoms with E-state index in [4.69, 9.17) is 11.6 Å². The Hall–Kier alpha value is -1.19. The highest BCUT2D eigenvalue weighted by Gasteiger charge is 2.10. The van der Waals surface area contributed by atoms with Gasteiger partial charge in [-0.1, -0.05) is 31.0 Å². The summed E-state index contributed by atoms with van der Waals surface area (Å²) in [5.41, 5.74) is 1.35. The van der Waals surface area contributed by atoms with Crippen LogP contribution in [0.4, 0.5) is 0 Å². The molecule has 0 saturated heterocycles. The predicted octanol–water partition coefficient (Wildman–Crippen LogP) is 4.45. The van der Waals surface area contributed by atoms with E-state index in [0.717, 1.165) is 23.1 Å². The molecule has 1 aromatic carbocycles. The number of halogens is 1. The first kappa shape index (κ1) is 10.9. The summed E-state index contributed by atoms with van der Waals surface area (Å²) >= 11 is 7.83. The molecule has 0 aliphatic rings. The van der Waals surface area contributed by atoms with Gasteiger partial charge in [-0.15, -0.1) is 11.3 Å². The molecular weight excluding hydrogens is 252 g/mol. The number of hydrogen-bond acceptors (Lipinski definition) is 3. The molecule has 2 nitrogen and oxygen atoms in total. The number of aromatic nitrogens is 2. The zero-order chi connectivity index (χ0) is 11.8. The number of thiophene rings is 1. The lowest BCUT2D eigenvalue weighted by atomic mass is 10.1. The van der Waals surface area contributed by atoms with Gasteiger partial charge in [0.25, 0.3) is 0 Å². The third-order valence-corrected chi connectivity index (χ3v) is 4.19. The molecule has 3 rings (SSSR count). The van der Waals surface area contributed by atoms with Crippen LogP contribution in [0.5, 0.6) is 0 Å². The van der Waals surface area contributed by atoms with Crippen molar-refractivity contribution in [2.45, 2.75) is 19.8 Å². The first-order valence-electron chi connectivity index (χ1n) is 5.61. The SMILES string of the molecule is CCCc1ccc2sc3ncnc(Cl)c3c2c1. The van der Waals surface area contributed by atoms with Crippen molar-refractivity contribution in [3.63, 3.8) is 0 Å².